The highest BCUT2D eigenvalue weighted by molar-refractivity contribution is 6.34. The minimum atomic E-state index is -0.252. The van der Waals surface area contributed by atoms with E-state index in [4.69, 9.17) is 11.6 Å². The molecule has 3 aromatic rings. The van der Waals surface area contributed by atoms with Crippen molar-refractivity contribution < 1.29 is 9.18 Å². The zero-order valence-corrected chi connectivity index (χ0v) is 18.9. The van der Waals surface area contributed by atoms with Crippen molar-refractivity contribution >= 4 is 23.2 Å². The van der Waals surface area contributed by atoms with Gasteiger partial charge in [-0.1, -0.05) is 48.0 Å². The molecular formula is C27H26ClFN2O. The molecule has 2 aliphatic heterocycles. The number of piperidine rings is 1. The average molecular weight is 449 g/mol. The summed E-state index contributed by atoms with van der Waals surface area (Å²) in [5, 5.41) is 0.440. The van der Waals surface area contributed by atoms with Crippen molar-refractivity contribution in [3.63, 3.8) is 0 Å². The van der Waals surface area contributed by atoms with E-state index in [1.807, 2.05) is 12.1 Å². The maximum absolute atomic E-state index is 14.3. The average Bonchev–Trinajstić information content (AvgIpc) is 3.10. The summed E-state index contributed by atoms with van der Waals surface area (Å²) in [5.74, 6) is -0.375. The van der Waals surface area contributed by atoms with Crippen LogP contribution >= 0.6 is 11.6 Å². The van der Waals surface area contributed by atoms with Crippen LogP contribution in [-0.4, -0.2) is 30.4 Å². The van der Waals surface area contributed by atoms with E-state index < -0.39 is 0 Å². The first-order valence-electron chi connectivity index (χ1n) is 11.1. The molecule has 0 N–H and O–H groups in total. The number of fused-ring (bicyclic) bond motifs is 2. The molecule has 0 unspecified atom stereocenters. The topological polar surface area (TPSA) is 23.6 Å². The van der Waals surface area contributed by atoms with Crippen molar-refractivity contribution in [2.24, 2.45) is 0 Å². The minimum Gasteiger partial charge on any atom is -0.307 e. The first kappa shape index (κ1) is 21.2. The molecule has 0 bridgehead atoms. The van der Waals surface area contributed by atoms with Crippen molar-refractivity contribution in [3.8, 4) is 0 Å². The van der Waals surface area contributed by atoms with E-state index in [0.717, 1.165) is 43.7 Å². The lowest BCUT2D eigenvalue weighted by molar-refractivity contribution is 0.0975. The lowest BCUT2D eigenvalue weighted by atomic mass is 9.74. The number of anilines is 1. The lowest BCUT2D eigenvalue weighted by Gasteiger charge is -2.40. The Morgan fingerprint density at radius 2 is 1.75 bits per heavy atom. The zero-order valence-electron chi connectivity index (χ0n) is 18.2. The van der Waals surface area contributed by atoms with Gasteiger partial charge in [-0.15, -0.1) is 0 Å². The number of halogens is 2. The zero-order chi connectivity index (χ0) is 22.3. The largest absolute Gasteiger partial charge is 0.307 e. The first-order valence-corrected chi connectivity index (χ1v) is 11.5. The number of nitrogens with zero attached hydrogens (tertiary/aromatic N) is 2. The second-order valence-corrected chi connectivity index (χ2v) is 9.42. The molecule has 1 fully saturated rings. The van der Waals surface area contributed by atoms with Crippen LogP contribution in [0.15, 0.2) is 66.7 Å². The number of likely N-dealkylation sites (tertiary alicyclic amines) is 1. The second-order valence-electron chi connectivity index (χ2n) is 9.02. The molecule has 0 aromatic heterocycles. The smallest absolute Gasteiger partial charge is 0.259 e. The van der Waals surface area contributed by atoms with Gasteiger partial charge in [0.15, 0.2) is 0 Å². The molecule has 1 spiro atoms. The molecule has 0 atom stereocenters. The van der Waals surface area contributed by atoms with Gasteiger partial charge in [-0.05, 0) is 79.9 Å². The monoisotopic (exact) mass is 448 g/mol. The van der Waals surface area contributed by atoms with Crippen molar-refractivity contribution in [3.05, 3.63) is 99.8 Å². The quantitative estimate of drug-likeness (QED) is 0.492. The molecule has 32 heavy (non-hydrogen) atoms. The van der Waals surface area contributed by atoms with E-state index in [0.29, 0.717) is 17.1 Å². The fourth-order valence-corrected chi connectivity index (χ4v) is 5.41. The Labute approximate surface area is 193 Å². The van der Waals surface area contributed by atoms with Gasteiger partial charge in [0.05, 0.1) is 10.6 Å². The van der Waals surface area contributed by atoms with Crippen LogP contribution in [-0.2, 0) is 12.0 Å². The van der Waals surface area contributed by atoms with Crippen LogP contribution in [0.2, 0.25) is 5.02 Å². The Hall–Kier alpha value is -2.69. The Morgan fingerprint density at radius 3 is 2.50 bits per heavy atom. The van der Waals surface area contributed by atoms with E-state index in [2.05, 4.69) is 36.1 Å². The van der Waals surface area contributed by atoms with Gasteiger partial charge in [0, 0.05) is 24.2 Å². The van der Waals surface area contributed by atoms with Crippen LogP contribution in [0.25, 0.3) is 0 Å². The summed E-state index contributed by atoms with van der Waals surface area (Å²) >= 11 is 6.32. The SMILES string of the molecule is Cc1ccccc1CN1CCC2(CC1)CN(C(=O)c1ccccc1Cl)c1ccc(F)cc12. The van der Waals surface area contributed by atoms with E-state index >= 15 is 0 Å². The highest BCUT2D eigenvalue weighted by atomic mass is 35.5. The van der Waals surface area contributed by atoms with E-state index in [1.165, 1.54) is 17.2 Å². The first-order chi connectivity index (χ1) is 15.5. The van der Waals surface area contributed by atoms with Crippen molar-refractivity contribution in [1.29, 1.82) is 0 Å². The van der Waals surface area contributed by atoms with Gasteiger partial charge in [0.2, 0.25) is 0 Å². The molecule has 2 aliphatic rings. The molecule has 1 saturated heterocycles. The molecule has 1 amide bonds. The normalized spacial score (nSPS) is 17.5. The highest BCUT2D eigenvalue weighted by Gasteiger charge is 2.46. The number of aryl methyl sites for hydroxylation is 1. The molecule has 5 rings (SSSR count). The fourth-order valence-electron chi connectivity index (χ4n) is 5.20. The molecule has 2 heterocycles. The number of carbonyl (C=O) groups excluding carboxylic acids is 1. The third kappa shape index (κ3) is 3.72. The molecule has 0 aliphatic carbocycles. The Balaban J connectivity index is 1.41. The maximum atomic E-state index is 14.3. The number of rotatable bonds is 3. The van der Waals surface area contributed by atoms with E-state index in [9.17, 15) is 9.18 Å². The number of amides is 1. The molecule has 3 nitrogen and oxygen atoms in total. The Bertz CT molecular complexity index is 1170. The van der Waals surface area contributed by atoms with Gasteiger partial charge in [-0.2, -0.15) is 0 Å². The number of hydrogen-bond acceptors (Lipinski definition) is 2. The van der Waals surface area contributed by atoms with Crippen LogP contribution in [0.5, 0.6) is 0 Å². The Kier molecular flexibility index (Phi) is 5.52. The standard InChI is InChI=1S/C27H26ClFN2O/c1-19-6-2-3-7-20(19)17-30-14-12-27(13-15-30)18-31(25-11-10-21(29)16-23(25)27)26(32)22-8-4-5-9-24(22)28/h2-11,16H,12-15,17-18H2,1H3. The summed E-state index contributed by atoms with van der Waals surface area (Å²) in [4.78, 5) is 17.7. The van der Waals surface area contributed by atoms with Gasteiger partial charge in [-0.3, -0.25) is 9.69 Å². The summed E-state index contributed by atoms with van der Waals surface area (Å²) in [6, 6.07) is 20.4. The molecular weight excluding hydrogens is 423 g/mol. The molecule has 0 radical (unpaired) electrons. The van der Waals surface area contributed by atoms with E-state index in [-0.39, 0.29) is 17.1 Å². The molecule has 5 heteroatoms. The Morgan fingerprint density at radius 1 is 1.03 bits per heavy atom. The van der Waals surface area contributed by atoms with Crippen LogP contribution in [0, 0.1) is 12.7 Å². The van der Waals surface area contributed by atoms with Gasteiger partial charge >= 0.3 is 0 Å². The summed E-state index contributed by atoms with van der Waals surface area (Å²) in [5.41, 5.74) is 4.67. The highest BCUT2D eigenvalue weighted by Crippen LogP contribution is 2.48. The number of carbonyl (C=O) groups is 1. The van der Waals surface area contributed by atoms with Crippen LogP contribution in [0.1, 0.15) is 39.9 Å². The maximum Gasteiger partial charge on any atom is 0.259 e. The summed E-state index contributed by atoms with van der Waals surface area (Å²) < 4.78 is 14.3. The van der Waals surface area contributed by atoms with Gasteiger partial charge < -0.3 is 4.90 Å². The van der Waals surface area contributed by atoms with Crippen LogP contribution in [0.3, 0.4) is 0 Å². The van der Waals surface area contributed by atoms with Gasteiger partial charge in [0.1, 0.15) is 5.82 Å². The van der Waals surface area contributed by atoms with Crippen molar-refractivity contribution in [2.45, 2.75) is 31.7 Å². The number of hydrogen-bond donors (Lipinski definition) is 0. The molecule has 0 saturated carbocycles. The minimum absolute atomic E-state index is 0.123. The summed E-state index contributed by atoms with van der Waals surface area (Å²) in [6.07, 6.45) is 1.78. The lowest BCUT2D eigenvalue weighted by Crippen LogP contribution is -2.45. The third-order valence-corrected chi connectivity index (χ3v) is 7.43. The number of benzene rings is 3. The third-order valence-electron chi connectivity index (χ3n) is 7.10. The summed E-state index contributed by atoms with van der Waals surface area (Å²) in [6.45, 7) is 5.46. The van der Waals surface area contributed by atoms with Crippen molar-refractivity contribution in [1.82, 2.24) is 4.90 Å². The fraction of sp³-hybridized carbons (Fsp3) is 0.296. The van der Waals surface area contributed by atoms with Gasteiger partial charge in [0.25, 0.3) is 5.91 Å². The predicted octanol–water partition coefficient (Wildman–Crippen LogP) is 5.98. The van der Waals surface area contributed by atoms with Crippen LogP contribution in [0.4, 0.5) is 10.1 Å². The van der Waals surface area contributed by atoms with Crippen LogP contribution < -0.4 is 4.90 Å². The van der Waals surface area contributed by atoms with E-state index in [1.54, 1.807) is 29.2 Å². The predicted molar refractivity (Wildman–Crippen MR) is 127 cm³/mol. The second kappa shape index (κ2) is 8.34. The summed E-state index contributed by atoms with van der Waals surface area (Å²) in [7, 11) is 0. The van der Waals surface area contributed by atoms with Crippen molar-refractivity contribution in [2.75, 3.05) is 24.5 Å². The molecule has 3 aromatic carbocycles. The van der Waals surface area contributed by atoms with Gasteiger partial charge in [-0.25, -0.2) is 4.39 Å². The molecule has 164 valence electrons.